The zero-order valence-corrected chi connectivity index (χ0v) is 21.3. The van der Waals surface area contributed by atoms with E-state index in [9.17, 15) is 4.79 Å². The van der Waals surface area contributed by atoms with Crippen LogP contribution in [0.1, 0.15) is 40.3 Å². The number of carbonyl (C=O) groups is 1. The minimum absolute atomic E-state index is 0.00338. The van der Waals surface area contributed by atoms with Crippen molar-refractivity contribution in [2.75, 3.05) is 19.8 Å². The lowest BCUT2D eigenvalue weighted by atomic mass is 10.0. The van der Waals surface area contributed by atoms with Crippen LogP contribution in [0.25, 0.3) is 17.0 Å². The predicted octanol–water partition coefficient (Wildman–Crippen LogP) is 4.79. The van der Waals surface area contributed by atoms with Crippen molar-refractivity contribution >= 4 is 22.9 Å². The highest BCUT2D eigenvalue weighted by Crippen LogP contribution is 2.37. The number of benzene rings is 3. The molecular weight excluding hydrogens is 478 g/mol. The number of aliphatic hydroxyl groups is 1. The molecule has 0 bridgehead atoms. The van der Waals surface area contributed by atoms with Crippen LogP contribution in [-0.4, -0.2) is 45.9 Å². The molecule has 1 unspecified atom stereocenters. The van der Waals surface area contributed by atoms with E-state index in [0.29, 0.717) is 6.04 Å². The minimum Gasteiger partial charge on any atom is -0.491 e. The fourth-order valence-corrected chi connectivity index (χ4v) is 5.34. The van der Waals surface area contributed by atoms with E-state index >= 15 is 0 Å². The molecule has 7 nitrogen and oxygen atoms in total. The maximum absolute atomic E-state index is 11.4. The van der Waals surface area contributed by atoms with Crippen LogP contribution in [0.15, 0.2) is 79.0 Å². The number of nitrogens with one attached hydrogen (secondary N) is 2. The smallest absolute Gasteiger partial charge is 0.267 e. The third-order valence-corrected chi connectivity index (χ3v) is 7.20. The molecule has 3 aromatic carbocycles. The highest BCUT2D eigenvalue weighted by atomic mass is 16.5. The molecule has 0 saturated heterocycles. The molecule has 5 rings (SSSR count). The van der Waals surface area contributed by atoms with Gasteiger partial charge in [0.15, 0.2) is 0 Å². The topological polar surface area (TPSA) is 97.8 Å². The Morgan fingerprint density at radius 1 is 1.13 bits per heavy atom. The van der Waals surface area contributed by atoms with E-state index in [1.807, 2.05) is 18.2 Å². The average Bonchev–Trinajstić information content (AvgIpc) is 3.57. The molecular formula is C31H33N3O4. The summed E-state index contributed by atoms with van der Waals surface area (Å²) in [4.78, 5) is 17.3. The summed E-state index contributed by atoms with van der Waals surface area (Å²) in [7, 11) is 0. The monoisotopic (exact) mass is 511 g/mol. The number of hydrogen-bond donors (Lipinski definition) is 4. The van der Waals surface area contributed by atoms with Crippen molar-refractivity contribution in [3.8, 4) is 5.75 Å². The summed E-state index contributed by atoms with van der Waals surface area (Å²) in [5, 5.41) is 19.0. The van der Waals surface area contributed by atoms with Gasteiger partial charge in [0.1, 0.15) is 12.4 Å². The fraction of sp³-hybridized carbons (Fsp3) is 0.258. The van der Waals surface area contributed by atoms with Gasteiger partial charge in [-0.2, -0.15) is 0 Å². The van der Waals surface area contributed by atoms with Gasteiger partial charge in [0.25, 0.3) is 5.91 Å². The van der Waals surface area contributed by atoms with Gasteiger partial charge in [-0.1, -0.05) is 48.5 Å². The Morgan fingerprint density at radius 2 is 1.97 bits per heavy atom. The van der Waals surface area contributed by atoms with Gasteiger partial charge in [0, 0.05) is 42.3 Å². The van der Waals surface area contributed by atoms with Crippen molar-refractivity contribution in [2.45, 2.75) is 31.8 Å². The quantitative estimate of drug-likeness (QED) is 0.132. The first-order valence-corrected chi connectivity index (χ1v) is 13.0. The van der Waals surface area contributed by atoms with Gasteiger partial charge in [0.2, 0.25) is 0 Å². The average molecular weight is 512 g/mol. The largest absolute Gasteiger partial charge is 0.491 e. The summed E-state index contributed by atoms with van der Waals surface area (Å²) in [6, 6.07) is 23.2. The molecule has 0 radical (unpaired) electrons. The number of nitrogens with zero attached hydrogens (tertiary/aromatic N) is 1. The zero-order chi connectivity index (χ0) is 26.3. The second kappa shape index (κ2) is 12.1. The van der Waals surface area contributed by atoms with Crippen LogP contribution >= 0.6 is 0 Å². The second-order valence-electron chi connectivity index (χ2n) is 9.62. The number of amides is 1. The summed E-state index contributed by atoms with van der Waals surface area (Å²) >= 11 is 0. The molecule has 1 atom stereocenters. The van der Waals surface area contributed by atoms with E-state index in [1.165, 1.54) is 33.7 Å². The van der Waals surface area contributed by atoms with Gasteiger partial charge in [-0.25, -0.2) is 5.48 Å². The lowest BCUT2D eigenvalue weighted by Gasteiger charge is -2.30. The third kappa shape index (κ3) is 5.97. The zero-order valence-electron chi connectivity index (χ0n) is 21.3. The molecule has 0 fully saturated rings. The van der Waals surface area contributed by atoms with Crippen molar-refractivity contribution < 1.29 is 19.8 Å². The highest BCUT2D eigenvalue weighted by Gasteiger charge is 2.28. The van der Waals surface area contributed by atoms with E-state index < -0.39 is 5.91 Å². The molecule has 7 heteroatoms. The van der Waals surface area contributed by atoms with Gasteiger partial charge in [-0.15, -0.1) is 0 Å². The Labute approximate surface area is 222 Å². The number of aliphatic hydroxyl groups excluding tert-OH is 1. The normalized spacial score (nSPS) is 14.9. The van der Waals surface area contributed by atoms with Crippen molar-refractivity contribution in [3.63, 3.8) is 0 Å². The number of aromatic nitrogens is 1. The lowest BCUT2D eigenvalue weighted by molar-refractivity contribution is -0.124. The second-order valence-corrected chi connectivity index (χ2v) is 9.62. The minimum atomic E-state index is -0.542. The van der Waals surface area contributed by atoms with Crippen LogP contribution in [0.4, 0.5) is 0 Å². The Kier molecular flexibility index (Phi) is 8.19. The molecule has 0 spiro atoms. The molecule has 1 aromatic heterocycles. The lowest BCUT2D eigenvalue weighted by Crippen LogP contribution is -2.29. The van der Waals surface area contributed by atoms with Gasteiger partial charge < -0.3 is 14.8 Å². The maximum Gasteiger partial charge on any atom is 0.267 e. The summed E-state index contributed by atoms with van der Waals surface area (Å²) in [6.45, 7) is 2.01. The number of aromatic amines is 1. The van der Waals surface area contributed by atoms with Crippen molar-refractivity contribution in [2.24, 2.45) is 0 Å². The van der Waals surface area contributed by atoms with Crippen molar-refractivity contribution in [3.05, 3.63) is 107 Å². The molecule has 0 saturated carbocycles. The molecule has 1 aliphatic rings. The first-order valence-electron chi connectivity index (χ1n) is 13.0. The predicted molar refractivity (Wildman–Crippen MR) is 148 cm³/mol. The van der Waals surface area contributed by atoms with Crippen LogP contribution in [0.5, 0.6) is 5.75 Å². The van der Waals surface area contributed by atoms with E-state index in [1.54, 1.807) is 11.6 Å². The number of fused-ring (bicyclic) bond motifs is 2. The molecule has 1 aliphatic carbocycles. The summed E-state index contributed by atoms with van der Waals surface area (Å²) in [6.07, 6.45) is 8.12. The van der Waals surface area contributed by atoms with Crippen LogP contribution < -0.4 is 10.2 Å². The number of H-pyrrole nitrogens is 1. The van der Waals surface area contributed by atoms with Crippen LogP contribution in [-0.2, 0) is 24.2 Å². The maximum atomic E-state index is 11.4. The third-order valence-electron chi connectivity index (χ3n) is 7.20. The fourth-order valence-electron chi connectivity index (χ4n) is 5.34. The van der Waals surface area contributed by atoms with Gasteiger partial charge in [-0.05, 0) is 71.4 Å². The number of hydroxylamine groups is 1. The molecule has 4 N–H and O–H groups in total. The Morgan fingerprint density at radius 3 is 2.79 bits per heavy atom. The van der Waals surface area contributed by atoms with E-state index in [2.05, 4.69) is 64.6 Å². The van der Waals surface area contributed by atoms with Crippen LogP contribution in [0.2, 0.25) is 0 Å². The van der Waals surface area contributed by atoms with E-state index in [0.717, 1.165) is 49.2 Å². The number of rotatable bonds is 11. The first-order chi connectivity index (χ1) is 18.6. The first kappa shape index (κ1) is 25.7. The summed E-state index contributed by atoms with van der Waals surface area (Å²) in [5.41, 5.74) is 8.89. The Balaban J connectivity index is 1.37. The number of para-hydroxylation sites is 1. The van der Waals surface area contributed by atoms with Gasteiger partial charge in [0.05, 0.1) is 6.61 Å². The summed E-state index contributed by atoms with van der Waals surface area (Å²) < 4.78 is 5.54. The van der Waals surface area contributed by atoms with Gasteiger partial charge >= 0.3 is 0 Å². The number of hydrogen-bond acceptors (Lipinski definition) is 5. The molecule has 4 aromatic rings. The van der Waals surface area contributed by atoms with Crippen LogP contribution in [0.3, 0.4) is 0 Å². The van der Waals surface area contributed by atoms with E-state index in [4.69, 9.17) is 15.1 Å². The molecule has 1 heterocycles. The SMILES string of the molecule is O=C(/C=C/c1ccc2c(c1)CCC2N(CCc1c[nH]c2ccccc12)Cc1ccc(OCCO)cc1)NO. The summed E-state index contributed by atoms with van der Waals surface area (Å²) in [5.74, 6) is 0.217. The molecule has 38 heavy (non-hydrogen) atoms. The number of aryl methyl sites for hydroxylation is 1. The van der Waals surface area contributed by atoms with Crippen molar-refractivity contribution in [1.29, 1.82) is 0 Å². The number of carbonyl (C=O) groups excluding carboxylic acids is 1. The van der Waals surface area contributed by atoms with Gasteiger partial charge in [-0.3, -0.25) is 14.9 Å². The molecule has 196 valence electrons. The van der Waals surface area contributed by atoms with E-state index in [-0.39, 0.29) is 13.2 Å². The van der Waals surface area contributed by atoms with Crippen LogP contribution in [0, 0.1) is 0 Å². The highest BCUT2D eigenvalue weighted by molar-refractivity contribution is 5.90. The standard InChI is InChI=1S/C31H33N3O4/c35-17-18-38-26-10-5-23(6-11-26)21-34(16-15-25-20-32-29-4-2-1-3-27(25)29)30-13-9-24-19-22(7-12-28(24)30)8-14-31(36)33-37/h1-8,10-12,14,19-20,30,32,35,37H,9,13,15-18,21H2,(H,33,36)/b14-8+. The number of ether oxygens (including phenoxy) is 1. The Bertz CT molecular complexity index is 1410. The Hall–Kier alpha value is -3.91. The molecule has 0 aliphatic heterocycles. The van der Waals surface area contributed by atoms with Crippen molar-refractivity contribution in [1.82, 2.24) is 15.4 Å². The molecule has 1 amide bonds.